The normalized spacial score (nSPS) is 24.6. The lowest BCUT2D eigenvalue weighted by Gasteiger charge is -2.37. The minimum Gasteiger partial charge on any atom is -0.338 e. The smallest absolute Gasteiger partial charge is 0.254 e. The average molecular weight is 515 g/mol. The van der Waals surface area contributed by atoms with Gasteiger partial charge >= 0.3 is 0 Å². The molecule has 198 valence electrons. The Morgan fingerprint density at radius 3 is 2.44 bits per heavy atom. The van der Waals surface area contributed by atoms with Crippen molar-refractivity contribution in [2.75, 3.05) is 32.7 Å². The number of fused-ring (bicyclic) bond motifs is 3. The summed E-state index contributed by atoms with van der Waals surface area (Å²) < 4.78 is 0. The highest BCUT2D eigenvalue weighted by molar-refractivity contribution is 6.03. The summed E-state index contributed by atoms with van der Waals surface area (Å²) in [5.74, 6) is 2.55. The molecular weight excluding hydrogens is 476 g/mol. The molecule has 1 amide bonds. The summed E-state index contributed by atoms with van der Waals surface area (Å²) in [5, 5.41) is 0. The summed E-state index contributed by atoms with van der Waals surface area (Å²) in [6.07, 6.45) is 13.8. The largest absolute Gasteiger partial charge is 0.338 e. The summed E-state index contributed by atoms with van der Waals surface area (Å²) in [4.78, 5) is 19.0. The second-order valence-electron chi connectivity index (χ2n) is 12.0. The average Bonchev–Trinajstić information content (AvgIpc) is 3.60. The van der Waals surface area contributed by atoms with Gasteiger partial charge in [0.15, 0.2) is 0 Å². The zero-order valence-electron chi connectivity index (χ0n) is 22.7. The van der Waals surface area contributed by atoms with Gasteiger partial charge in [0.1, 0.15) is 0 Å². The third kappa shape index (κ3) is 4.78. The van der Waals surface area contributed by atoms with E-state index in [0.717, 1.165) is 43.1 Å². The second-order valence-corrected chi connectivity index (χ2v) is 12.0. The Kier molecular flexibility index (Phi) is 6.70. The van der Waals surface area contributed by atoms with Gasteiger partial charge in [-0.3, -0.25) is 4.79 Å². The molecule has 2 aliphatic heterocycles. The Labute approximate surface area is 232 Å². The van der Waals surface area contributed by atoms with Gasteiger partial charge in [0.25, 0.3) is 5.91 Å². The highest BCUT2D eigenvalue weighted by Crippen LogP contribution is 2.41. The number of amides is 1. The number of benzene rings is 3. The first kappa shape index (κ1) is 24.6. The minimum atomic E-state index is 0.197. The fraction of sp³-hybridized carbons (Fsp3) is 0.361. The Morgan fingerprint density at radius 1 is 0.821 bits per heavy atom. The van der Waals surface area contributed by atoms with E-state index in [1.54, 1.807) is 0 Å². The summed E-state index contributed by atoms with van der Waals surface area (Å²) in [6, 6.07) is 25.8. The number of likely N-dealkylation sites (tertiary alicyclic amines) is 2. The first-order valence-electron chi connectivity index (χ1n) is 14.8. The minimum absolute atomic E-state index is 0.197. The molecular formula is C36H38N2O. The van der Waals surface area contributed by atoms with Gasteiger partial charge in [-0.2, -0.15) is 0 Å². The number of allylic oxidation sites excluding steroid dienone is 4. The Morgan fingerprint density at radius 2 is 1.62 bits per heavy atom. The predicted octanol–water partition coefficient (Wildman–Crippen LogP) is 6.96. The van der Waals surface area contributed by atoms with Crippen molar-refractivity contribution in [3.8, 4) is 11.1 Å². The van der Waals surface area contributed by atoms with Crippen LogP contribution < -0.4 is 0 Å². The molecule has 39 heavy (non-hydrogen) atoms. The van der Waals surface area contributed by atoms with Crippen molar-refractivity contribution < 1.29 is 4.79 Å². The SMILES string of the molecule is O=C(c1cccc2c1-c1ccccc1C2)N1C[C@H](CN2CCC(C3C=CC=CC3)CC2)[C@@H](c2ccccc2)C1. The molecule has 2 heterocycles. The standard InChI is InChI=1S/C36H38N2O/c39-36(33-17-9-15-30-22-29-14-7-8-16-32(29)35(30)33)38-24-31(34(25-38)28-12-5-2-6-13-28)23-37-20-18-27(19-21-37)26-10-3-1-4-11-26/h1-10,12-17,26-27,31,34H,11,18-25H2/t26?,31-,34+/m0/s1. The van der Waals surface area contributed by atoms with Crippen LogP contribution in [-0.2, 0) is 6.42 Å². The van der Waals surface area contributed by atoms with E-state index in [0.29, 0.717) is 17.8 Å². The molecule has 0 saturated carbocycles. The lowest BCUT2D eigenvalue weighted by atomic mass is 9.80. The maximum Gasteiger partial charge on any atom is 0.254 e. The highest BCUT2D eigenvalue weighted by Gasteiger charge is 2.39. The molecule has 0 N–H and O–H groups in total. The van der Waals surface area contributed by atoms with Crippen molar-refractivity contribution in [2.45, 2.75) is 31.6 Å². The van der Waals surface area contributed by atoms with Crippen molar-refractivity contribution in [2.24, 2.45) is 17.8 Å². The molecule has 3 heteroatoms. The fourth-order valence-electron chi connectivity index (χ4n) is 7.68. The van der Waals surface area contributed by atoms with Crippen LogP contribution in [0.15, 0.2) is 97.1 Å². The third-order valence-corrected chi connectivity index (χ3v) is 9.75. The van der Waals surface area contributed by atoms with Crippen LogP contribution in [0.3, 0.4) is 0 Å². The molecule has 0 bridgehead atoms. The first-order valence-corrected chi connectivity index (χ1v) is 14.8. The molecule has 0 spiro atoms. The van der Waals surface area contributed by atoms with Crippen LogP contribution in [0, 0.1) is 17.8 Å². The van der Waals surface area contributed by atoms with Crippen molar-refractivity contribution in [3.63, 3.8) is 0 Å². The molecule has 4 aliphatic rings. The van der Waals surface area contributed by atoms with Gasteiger partial charge in [0.2, 0.25) is 0 Å². The maximum absolute atomic E-state index is 14.1. The summed E-state index contributed by atoms with van der Waals surface area (Å²) in [7, 11) is 0. The first-order chi connectivity index (χ1) is 19.2. The van der Waals surface area contributed by atoms with Gasteiger partial charge in [0, 0.05) is 31.1 Å². The molecule has 3 atom stereocenters. The molecule has 3 aromatic carbocycles. The van der Waals surface area contributed by atoms with Crippen molar-refractivity contribution >= 4 is 5.91 Å². The summed E-state index contributed by atoms with van der Waals surface area (Å²) >= 11 is 0. The van der Waals surface area contributed by atoms with Gasteiger partial charge in [-0.15, -0.1) is 0 Å². The van der Waals surface area contributed by atoms with Crippen LogP contribution in [0.5, 0.6) is 0 Å². The van der Waals surface area contributed by atoms with Crippen LogP contribution >= 0.6 is 0 Å². The Balaban J connectivity index is 1.10. The molecule has 2 fully saturated rings. The van der Waals surface area contributed by atoms with E-state index < -0.39 is 0 Å². The lowest BCUT2D eigenvalue weighted by molar-refractivity contribution is 0.0780. The predicted molar refractivity (Wildman–Crippen MR) is 159 cm³/mol. The highest BCUT2D eigenvalue weighted by atomic mass is 16.2. The van der Waals surface area contributed by atoms with Gasteiger partial charge in [0.05, 0.1) is 0 Å². The topological polar surface area (TPSA) is 23.6 Å². The van der Waals surface area contributed by atoms with Crippen molar-refractivity contribution in [1.82, 2.24) is 9.80 Å². The number of carbonyl (C=O) groups is 1. The summed E-state index contributed by atoms with van der Waals surface area (Å²) in [6.45, 7) is 5.06. The zero-order chi connectivity index (χ0) is 26.2. The van der Waals surface area contributed by atoms with Gasteiger partial charge in [-0.1, -0.05) is 91.0 Å². The Bertz CT molecular complexity index is 1400. The fourth-order valence-corrected chi connectivity index (χ4v) is 7.68. The van der Waals surface area contributed by atoms with E-state index in [9.17, 15) is 4.79 Å². The lowest BCUT2D eigenvalue weighted by Crippen LogP contribution is -2.40. The van der Waals surface area contributed by atoms with Crippen LogP contribution in [0.25, 0.3) is 11.1 Å². The number of carbonyl (C=O) groups excluding carboxylic acids is 1. The number of nitrogens with zero attached hydrogens (tertiary/aromatic N) is 2. The molecule has 2 saturated heterocycles. The monoisotopic (exact) mass is 514 g/mol. The summed E-state index contributed by atoms with van der Waals surface area (Å²) in [5.41, 5.74) is 7.25. The van der Waals surface area contributed by atoms with Crippen LogP contribution in [-0.4, -0.2) is 48.4 Å². The molecule has 1 unspecified atom stereocenters. The van der Waals surface area contributed by atoms with E-state index in [4.69, 9.17) is 0 Å². The number of piperidine rings is 1. The molecule has 0 radical (unpaired) electrons. The van der Waals surface area contributed by atoms with Crippen LogP contribution in [0.4, 0.5) is 0 Å². The van der Waals surface area contributed by atoms with Gasteiger partial charge < -0.3 is 9.80 Å². The number of hydrogen-bond donors (Lipinski definition) is 0. The molecule has 0 aromatic heterocycles. The second kappa shape index (κ2) is 10.6. The molecule has 3 aromatic rings. The Hall–Kier alpha value is -3.43. The number of rotatable bonds is 5. The zero-order valence-corrected chi connectivity index (χ0v) is 22.7. The van der Waals surface area contributed by atoms with E-state index in [1.165, 1.54) is 54.6 Å². The van der Waals surface area contributed by atoms with E-state index in [2.05, 4.69) is 101 Å². The molecule has 7 rings (SSSR count). The van der Waals surface area contributed by atoms with Crippen molar-refractivity contribution in [1.29, 1.82) is 0 Å². The third-order valence-electron chi connectivity index (χ3n) is 9.75. The molecule has 3 nitrogen and oxygen atoms in total. The number of hydrogen-bond acceptors (Lipinski definition) is 2. The van der Waals surface area contributed by atoms with Crippen molar-refractivity contribution in [3.05, 3.63) is 119 Å². The van der Waals surface area contributed by atoms with Crippen LogP contribution in [0.1, 0.15) is 52.2 Å². The van der Waals surface area contributed by atoms with Gasteiger partial charge in [-0.05, 0) is 90.4 Å². The van der Waals surface area contributed by atoms with E-state index in [1.807, 2.05) is 6.07 Å². The van der Waals surface area contributed by atoms with Gasteiger partial charge in [-0.25, -0.2) is 0 Å². The van der Waals surface area contributed by atoms with Crippen LogP contribution in [0.2, 0.25) is 0 Å². The van der Waals surface area contributed by atoms with E-state index >= 15 is 0 Å². The molecule has 2 aliphatic carbocycles. The van der Waals surface area contributed by atoms with E-state index in [-0.39, 0.29) is 5.91 Å². The quantitative estimate of drug-likeness (QED) is 0.287. The maximum atomic E-state index is 14.1.